The molecule has 0 radical (unpaired) electrons. The number of nitrogens with one attached hydrogen (secondary N) is 2. The molecule has 5 rings (SSSR count). The van der Waals surface area contributed by atoms with Gasteiger partial charge in [-0.1, -0.05) is 23.5 Å². The molecule has 8 nitrogen and oxygen atoms in total. The van der Waals surface area contributed by atoms with E-state index in [0.717, 1.165) is 41.6 Å². The maximum Gasteiger partial charge on any atom is 0.322 e. The third-order valence-electron chi connectivity index (χ3n) is 6.46. The predicted molar refractivity (Wildman–Crippen MR) is 128 cm³/mol. The Morgan fingerprint density at radius 2 is 2.03 bits per heavy atom. The molecule has 3 heterocycles. The number of hydrogen-bond donors (Lipinski definition) is 2. The molecule has 33 heavy (non-hydrogen) atoms. The highest BCUT2D eigenvalue weighted by molar-refractivity contribution is 7.08. The van der Waals surface area contributed by atoms with Crippen LogP contribution in [0, 0.1) is 0 Å². The second-order valence-electron chi connectivity index (χ2n) is 8.76. The molecule has 0 aliphatic carbocycles. The van der Waals surface area contributed by atoms with E-state index in [0.29, 0.717) is 18.7 Å². The van der Waals surface area contributed by atoms with Crippen molar-refractivity contribution < 1.29 is 9.53 Å². The zero-order valence-corrected chi connectivity index (χ0v) is 19.5. The van der Waals surface area contributed by atoms with Crippen molar-refractivity contribution in [2.24, 2.45) is 0 Å². The van der Waals surface area contributed by atoms with E-state index in [1.807, 2.05) is 19.2 Å². The van der Waals surface area contributed by atoms with Gasteiger partial charge >= 0.3 is 4.87 Å². The second-order valence-corrected chi connectivity index (χ2v) is 9.75. The van der Waals surface area contributed by atoms with Gasteiger partial charge in [-0.3, -0.25) is 9.59 Å². The van der Waals surface area contributed by atoms with Gasteiger partial charge in [0.1, 0.15) is 17.4 Å². The van der Waals surface area contributed by atoms with Crippen LogP contribution in [0.25, 0.3) is 0 Å². The van der Waals surface area contributed by atoms with Crippen molar-refractivity contribution in [1.82, 2.24) is 20.4 Å². The summed E-state index contributed by atoms with van der Waals surface area (Å²) in [6.07, 6.45) is 1.04. The van der Waals surface area contributed by atoms with Crippen molar-refractivity contribution in [2.75, 3.05) is 38.6 Å². The van der Waals surface area contributed by atoms with Crippen molar-refractivity contribution >= 4 is 22.9 Å². The van der Waals surface area contributed by atoms with Crippen molar-refractivity contribution in [3.63, 3.8) is 0 Å². The Labute approximate surface area is 196 Å². The number of benzene rings is 2. The second kappa shape index (κ2) is 8.99. The number of aromatic nitrogens is 2. The fraction of sp³-hybridized carbons (Fsp3) is 0.375. The molecule has 0 bridgehead atoms. The molecule has 172 valence electrons. The minimum atomic E-state index is -0.173. The molecule has 0 unspecified atom stereocenters. The number of amides is 1. The number of aromatic amines is 1. The molecule has 0 saturated carbocycles. The molecule has 2 atom stereocenters. The Balaban J connectivity index is 1.22. The van der Waals surface area contributed by atoms with Crippen LogP contribution < -0.4 is 19.8 Å². The van der Waals surface area contributed by atoms with E-state index in [2.05, 4.69) is 50.6 Å². The van der Waals surface area contributed by atoms with Crippen LogP contribution in [-0.2, 0) is 13.0 Å². The van der Waals surface area contributed by atoms with Crippen LogP contribution in [0.1, 0.15) is 32.4 Å². The highest BCUT2D eigenvalue weighted by Crippen LogP contribution is 2.30. The smallest absolute Gasteiger partial charge is 0.322 e. The van der Waals surface area contributed by atoms with Crippen molar-refractivity contribution in [3.8, 4) is 5.75 Å². The van der Waals surface area contributed by atoms with Crippen LogP contribution >= 0.6 is 11.3 Å². The molecule has 9 heteroatoms. The Hall–Kier alpha value is -3.17. The zero-order valence-electron chi connectivity index (χ0n) is 18.7. The minimum absolute atomic E-state index is 0.00264. The summed E-state index contributed by atoms with van der Waals surface area (Å²) in [4.78, 5) is 28.6. The number of ether oxygens (including phenoxy) is 1. The van der Waals surface area contributed by atoms with Crippen LogP contribution in [0.3, 0.4) is 0 Å². The summed E-state index contributed by atoms with van der Waals surface area (Å²) < 4.78 is 6.02. The first-order valence-corrected chi connectivity index (χ1v) is 11.9. The maximum absolute atomic E-state index is 12.9. The van der Waals surface area contributed by atoms with Gasteiger partial charge in [0.25, 0.3) is 5.91 Å². The van der Waals surface area contributed by atoms with Gasteiger partial charge in [0.15, 0.2) is 0 Å². The van der Waals surface area contributed by atoms with E-state index < -0.39 is 0 Å². The Morgan fingerprint density at radius 1 is 1.21 bits per heavy atom. The first-order chi connectivity index (χ1) is 16.0. The minimum Gasteiger partial charge on any atom is -0.489 e. The summed E-state index contributed by atoms with van der Waals surface area (Å²) in [6.45, 7) is 3.00. The lowest BCUT2D eigenvalue weighted by molar-refractivity contribution is 0.0935. The molecule has 3 aromatic rings. The molecule has 2 aromatic carbocycles. The van der Waals surface area contributed by atoms with E-state index in [9.17, 15) is 9.59 Å². The third kappa shape index (κ3) is 4.51. The lowest BCUT2D eigenvalue weighted by Crippen LogP contribution is -2.39. The van der Waals surface area contributed by atoms with Gasteiger partial charge in [0.05, 0.1) is 6.04 Å². The number of carbonyl (C=O) groups is 1. The van der Waals surface area contributed by atoms with Crippen LogP contribution in [0.15, 0.2) is 47.3 Å². The normalized spacial score (nSPS) is 20.1. The highest BCUT2D eigenvalue weighted by Gasteiger charge is 2.35. The summed E-state index contributed by atoms with van der Waals surface area (Å²) in [7, 11) is 4.11. The van der Waals surface area contributed by atoms with Crippen molar-refractivity contribution in [2.45, 2.75) is 25.0 Å². The number of hydrogen-bond acceptors (Lipinski definition) is 7. The molecular weight excluding hydrogens is 438 g/mol. The molecule has 1 amide bonds. The molecule has 0 spiro atoms. The quantitative estimate of drug-likeness (QED) is 0.580. The summed E-state index contributed by atoms with van der Waals surface area (Å²) in [6, 6.07) is 13.5. The van der Waals surface area contributed by atoms with Crippen LogP contribution in [0.5, 0.6) is 5.75 Å². The lowest BCUT2D eigenvalue weighted by atomic mass is 10.0. The SMILES string of the molecule is CN1C[C@H](c2n[nH]c(=O)s2)[C@H](NC(=O)c2ccc(OCc3cccc4c3CCN4C)cc2)C1. The van der Waals surface area contributed by atoms with Gasteiger partial charge in [-0.05, 0) is 54.9 Å². The fourth-order valence-corrected chi connectivity index (χ4v) is 5.48. The maximum atomic E-state index is 12.9. The topological polar surface area (TPSA) is 90.6 Å². The van der Waals surface area contributed by atoms with Crippen LogP contribution in [0.4, 0.5) is 5.69 Å². The summed E-state index contributed by atoms with van der Waals surface area (Å²) in [5, 5.41) is 10.5. The number of anilines is 1. The summed E-state index contributed by atoms with van der Waals surface area (Å²) in [5.41, 5.74) is 4.42. The standard InChI is InChI=1S/C24H27N5O3S/c1-28-12-19(23-26-27-24(31)33-23)20(13-28)25-22(30)15-6-8-17(9-7-15)32-14-16-4-3-5-21-18(16)10-11-29(21)2/h3-9,19-20H,10-14H2,1-2H3,(H,25,30)(H,27,31)/t19-,20+/m0/s1. The van der Waals surface area contributed by atoms with Gasteiger partial charge in [-0.2, -0.15) is 5.10 Å². The lowest BCUT2D eigenvalue weighted by Gasteiger charge is -2.18. The van der Waals surface area contributed by atoms with Crippen LogP contribution in [-0.4, -0.2) is 60.8 Å². The van der Waals surface area contributed by atoms with Gasteiger partial charge < -0.3 is 19.9 Å². The first kappa shape index (κ1) is 21.7. The molecule has 2 aliphatic rings. The Kier molecular flexibility index (Phi) is 5.90. The van der Waals surface area contributed by atoms with E-state index in [-0.39, 0.29) is 22.7 Å². The average Bonchev–Trinajstić information content (AvgIpc) is 3.51. The number of likely N-dealkylation sites (N-methyl/N-ethyl adjacent to an activating group) is 2. The van der Waals surface area contributed by atoms with Crippen molar-refractivity contribution in [3.05, 3.63) is 73.8 Å². The van der Waals surface area contributed by atoms with E-state index in [1.54, 1.807) is 12.1 Å². The first-order valence-electron chi connectivity index (χ1n) is 11.1. The highest BCUT2D eigenvalue weighted by atomic mass is 32.1. The number of carbonyl (C=O) groups excluding carboxylic acids is 1. The average molecular weight is 466 g/mol. The van der Waals surface area contributed by atoms with Gasteiger partial charge in [0.2, 0.25) is 0 Å². The molecule has 1 aromatic heterocycles. The van der Waals surface area contributed by atoms with E-state index in [4.69, 9.17) is 4.74 Å². The number of fused-ring (bicyclic) bond motifs is 1. The van der Waals surface area contributed by atoms with Gasteiger partial charge in [0, 0.05) is 43.9 Å². The number of likely N-dealkylation sites (tertiary alicyclic amines) is 1. The number of rotatable bonds is 6. The third-order valence-corrected chi connectivity index (χ3v) is 7.34. The van der Waals surface area contributed by atoms with E-state index in [1.165, 1.54) is 16.8 Å². The summed E-state index contributed by atoms with van der Waals surface area (Å²) in [5.74, 6) is 0.589. The van der Waals surface area contributed by atoms with Gasteiger partial charge in [-0.15, -0.1) is 0 Å². The fourth-order valence-electron chi connectivity index (χ4n) is 4.71. The number of nitrogens with zero attached hydrogens (tertiary/aromatic N) is 3. The molecule has 2 N–H and O–H groups in total. The van der Waals surface area contributed by atoms with E-state index >= 15 is 0 Å². The molecule has 2 aliphatic heterocycles. The zero-order chi connectivity index (χ0) is 22.9. The van der Waals surface area contributed by atoms with Crippen molar-refractivity contribution in [1.29, 1.82) is 0 Å². The molecule has 1 saturated heterocycles. The number of H-pyrrole nitrogens is 1. The Bertz CT molecular complexity index is 1210. The van der Waals surface area contributed by atoms with Gasteiger partial charge in [-0.25, -0.2) is 5.10 Å². The largest absolute Gasteiger partial charge is 0.489 e. The molecule has 1 fully saturated rings. The summed E-state index contributed by atoms with van der Waals surface area (Å²) >= 11 is 1.11. The predicted octanol–water partition coefficient (Wildman–Crippen LogP) is 2.23. The molecular formula is C24H27N5O3S. The Morgan fingerprint density at radius 3 is 2.79 bits per heavy atom. The van der Waals surface area contributed by atoms with Crippen LogP contribution in [0.2, 0.25) is 0 Å². The monoisotopic (exact) mass is 465 g/mol.